The van der Waals surface area contributed by atoms with Crippen molar-refractivity contribution < 1.29 is 8.78 Å². The Bertz CT molecular complexity index is 102. The zero-order valence-corrected chi connectivity index (χ0v) is 4.39. The molecule has 0 atom stereocenters. The molecule has 0 rings (SSSR count). The molecule has 0 saturated carbocycles. The Morgan fingerprint density at radius 1 is 1.57 bits per heavy atom. The van der Waals surface area contributed by atoms with Crippen LogP contribution < -0.4 is 0 Å². The lowest BCUT2D eigenvalue weighted by molar-refractivity contribution is 0.633. The second-order valence-corrected chi connectivity index (χ2v) is 1.25. The highest BCUT2D eigenvalue weighted by Crippen LogP contribution is 2.01. The van der Waals surface area contributed by atoms with Gasteiger partial charge in [-0.1, -0.05) is 0 Å². The molecule has 0 aliphatic rings. The van der Waals surface area contributed by atoms with Crippen LogP contribution in [0.1, 0.15) is 6.92 Å². The predicted octanol–water partition coefficient (Wildman–Crippen LogP) is 2.51. The summed E-state index contributed by atoms with van der Waals surface area (Å²) < 4.78 is 22.7. The summed E-state index contributed by atoms with van der Waals surface area (Å²) in [5, 5.41) is -1.15. The molecule has 0 aliphatic carbocycles. The normalized spacial score (nSPS) is 7.43. The van der Waals surface area contributed by atoms with E-state index in [1.54, 1.807) is 5.73 Å². The van der Waals surface area contributed by atoms with Gasteiger partial charge in [-0.2, -0.15) is 4.39 Å². The molecule has 40 valence electrons. The third-order valence-electron chi connectivity index (χ3n) is 0.267. The summed E-state index contributed by atoms with van der Waals surface area (Å²) in [5.74, 6) is -0.757. The van der Waals surface area contributed by atoms with Crippen molar-refractivity contribution in [1.29, 1.82) is 0 Å². The van der Waals surface area contributed by atoms with Gasteiger partial charge < -0.3 is 0 Å². The van der Waals surface area contributed by atoms with E-state index in [4.69, 9.17) is 0 Å². The van der Waals surface area contributed by atoms with E-state index in [1.807, 2.05) is 0 Å². The van der Waals surface area contributed by atoms with Gasteiger partial charge in [0.2, 0.25) is 5.29 Å². The Balaban J connectivity index is 4.13. The molecule has 0 aliphatic heterocycles. The fourth-order valence-corrected chi connectivity index (χ4v) is 0.260. The third kappa shape index (κ3) is 5.67. The standard InChI is InChI=1S/C4H3ClF2/c1-3(6)2-4(5)7/h1H3. The number of halogens is 3. The van der Waals surface area contributed by atoms with Crippen LogP contribution in [-0.2, 0) is 0 Å². The van der Waals surface area contributed by atoms with Crippen LogP contribution in [0.3, 0.4) is 0 Å². The lowest BCUT2D eigenvalue weighted by atomic mass is 10.6. The first-order valence-corrected chi connectivity index (χ1v) is 1.94. The monoisotopic (exact) mass is 124 g/mol. The second-order valence-electron chi connectivity index (χ2n) is 0.919. The molecule has 0 fully saturated rings. The zero-order valence-electron chi connectivity index (χ0n) is 3.63. The smallest absolute Gasteiger partial charge is 0.203 e. The Kier molecular flexibility index (Phi) is 2.65. The highest BCUT2D eigenvalue weighted by Gasteiger charge is 1.80. The molecular formula is C4H3ClF2. The first-order valence-electron chi connectivity index (χ1n) is 1.57. The highest BCUT2D eigenvalue weighted by molar-refractivity contribution is 6.28. The average molecular weight is 125 g/mol. The first-order chi connectivity index (χ1) is 3.13. The van der Waals surface area contributed by atoms with Crippen molar-refractivity contribution in [3.8, 4) is 0 Å². The van der Waals surface area contributed by atoms with E-state index in [9.17, 15) is 8.78 Å². The molecule has 0 aromatic rings. The Morgan fingerprint density at radius 3 is 2.00 bits per heavy atom. The number of allylic oxidation sites excluding steroid dienone is 1. The Labute approximate surface area is 45.1 Å². The van der Waals surface area contributed by atoms with Gasteiger partial charge in [0.15, 0.2) is 0 Å². The van der Waals surface area contributed by atoms with Crippen LogP contribution >= 0.6 is 11.6 Å². The minimum absolute atomic E-state index is 0.757. The molecule has 0 unspecified atom stereocenters. The van der Waals surface area contributed by atoms with Crippen LogP contribution in [0.15, 0.2) is 16.8 Å². The van der Waals surface area contributed by atoms with E-state index in [1.165, 1.54) is 0 Å². The van der Waals surface area contributed by atoms with E-state index in [0.29, 0.717) is 0 Å². The molecule has 0 saturated heterocycles. The van der Waals surface area contributed by atoms with Crippen molar-refractivity contribution in [2.75, 3.05) is 0 Å². The highest BCUT2D eigenvalue weighted by atomic mass is 35.5. The minimum atomic E-state index is -1.15. The van der Waals surface area contributed by atoms with Gasteiger partial charge in [-0.05, 0) is 24.3 Å². The molecule has 0 spiro atoms. The fourth-order valence-electron chi connectivity index (χ4n) is 0.130. The topological polar surface area (TPSA) is 0 Å². The summed E-state index contributed by atoms with van der Waals surface area (Å²) in [6.07, 6.45) is 0. The molecule has 7 heavy (non-hydrogen) atoms. The maximum Gasteiger partial charge on any atom is 0.234 e. The summed E-state index contributed by atoms with van der Waals surface area (Å²) >= 11 is 4.55. The van der Waals surface area contributed by atoms with E-state index >= 15 is 0 Å². The molecule has 0 aromatic carbocycles. The first kappa shape index (κ1) is 6.67. The van der Waals surface area contributed by atoms with E-state index in [-0.39, 0.29) is 0 Å². The average Bonchev–Trinajstić information content (AvgIpc) is 1.27. The van der Waals surface area contributed by atoms with Crippen LogP contribution in [0, 0.1) is 0 Å². The van der Waals surface area contributed by atoms with Crippen LogP contribution in [0.25, 0.3) is 0 Å². The van der Waals surface area contributed by atoms with E-state index < -0.39 is 11.1 Å². The number of hydrogen-bond donors (Lipinski definition) is 0. The molecule has 0 aromatic heterocycles. The van der Waals surface area contributed by atoms with Crippen molar-refractivity contribution in [2.24, 2.45) is 0 Å². The molecule has 0 bridgehead atoms. The second kappa shape index (κ2) is 2.78. The number of rotatable bonds is 0. The van der Waals surface area contributed by atoms with Crippen molar-refractivity contribution in [3.05, 3.63) is 16.8 Å². The molecule has 0 heterocycles. The van der Waals surface area contributed by atoms with Crippen LogP contribution in [0.2, 0.25) is 0 Å². The van der Waals surface area contributed by atoms with Crippen LogP contribution in [0.4, 0.5) is 8.78 Å². The summed E-state index contributed by atoms with van der Waals surface area (Å²) in [7, 11) is 0. The van der Waals surface area contributed by atoms with Crippen molar-refractivity contribution >= 4 is 11.6 Å². The Hall–Kier alpha value is -0.330. The van der Waals surface area contributed by atoms with Gasteiger partial charge in [-0.3, -0.25) is 0 Å². The SMILES string of the molecule is CC(F)=C=C(F)Cl. The minimum Gasteiger partial charge on any atom is -0.203 e. The molecule has 3 heteroatoms. The lowest BCUT2D eigenvalue weighted by Gasteiger charge is -1.69. The number of hydrogen-bond acceptors (Lipinski definition) is 0. The van der Waals surface area contributed by atoms with E-state index in [0.717, 1.165) is 6.92 Å². The van der Waals surface area contributed by atoms with Gasteiger partial charge in [0.25, 0.3) is 0 Å². The maximum absolute atomic E-state index is 11.4. The zero-order chi connectivity index (χ0) is 5.86. The van der Waals surface area contributed by atoms with Crippen LogP contribution in [-0.4, -0.2) is 0 Å². The molecule has 0 nitrogen and oxygen atoms in total. The summed E-state index contributed by atoms with van der Waals surface area (Å²) in [6.45, 7) is 1.06. The van der Waals surface area contributed by atoms with Gasteiger partial charge in [-0.15, -0.1) is 0 Å². The molecular weight excluding hydrogens is 121 g/mol. The van der Waals surface area contributed by atoms with Crippen molar-refractivity contribution in [1.82, 2.24) is 0 Å². The maximum atomic E-state index is 11.4. The van der Waals surface area contributed by atoms with Gasteiger partial charge in [0.1, 0.15) is 5.83 Å². The van der Waals surface area contributed by atoms with Gasteiger partial charge in [-0.25, -0.2) is 4.39 Å². The van der Waals surface area contributed by atoms with Gasteiger partial charge in [0, 0.05) is 0 Å². The van der Waals surface area contributed by atoms with Gasteiger partial charge in [0.05, 0.1) is 0 Å². The molecule has 0 amide bonds. The predicted molar refractivity (Wildman–Crippen MR) is 24.3 cm³/mol. The van der Waals surface area contributed by atoms with E-state index in [2.05, 4.69) is 11.6 Å². The molecule has 0 N–H and O–H groups in total. The summed E-state index contributed by atoms with van der Waals surface area (Å²) in [6, 6.07) is 0. The van der Waals surface area contributed by atoms with Crippen molar-refractivity contribution in [3.63, 3.8) is 0 Å². The summed E-state index contributed by atoms with van der Waals surface area (Å²) in [5.41, 5.74) is 1.57. The summed E-state index contributed by atoms with van der Waals surface area (Å²) in [4.78, 5) is 0. The third-order valence-corrected chi connectivity index (χ3v) is 0.361. The van der Waals surface area contributed by atoms with Crippen LogP contribution in [0.5, 0.6) is 0 Å². The quantitative estimate of drug-likeness (QED) is 0.435. The molecule has 0 radical (unpaired) electrons. The lowest BCUT2D eigenvalue weighted by Crippen LogP contribution is -1.50. The largest absolute Gasteiger partial charge is 0.234 e. The Morgan fingerprint density at radius 2 is 2.00 bits per heavy atom. The van der Waals surface area contributed by atoms with Gasteiger partial charge >= 0.3 is 0 Å². The van der Waals surface area contributed by atoms with Crippen molar-refractivity contribution in [2.45, 2.75) is 6.92 Å². The fraction of sp³-hybridized carbons (Fsp3) is 0.250.